The molecule has 2 aliphatic heterocycles. The predicted octanol–water partition coefficient (Wildman–Crippen LogP) is 11.3. The number of ketones is 1. The molecule has 0 aliphatic carbocycles. The highest BCUT2D eigenvalue weighted by molar-refractivity contribution is 8.08. The van der Waals surface area contributed by atoms with E-state index < -0.39 is 6.10 Å². The highest BCUT2D eigenvalue weighted by Crippen LogP contribution is 2.41. The van der Waals surface area contributed by atoms with Gasteiger partial charge in [-0.2, -0.15) is 12.6 Å². The zero-order valence-corrected chi connectivity index (χ0v) is 40.7. The van der Waals surface area contributed by atoms with Gasteiger partial charge in [0.1, 0.15) is 17.6 Å². The van der Waals surface area contributed by atoms with Crippen molar-refractivity contribution in [3.8, 4) is 0 Å². The van der Waals surface area contributed by atoms with Crippen molar-refractivity contribution in [2.75, 3.05) is 94.1 Å². The summed E-state index contributed by atoms with van der Waals surface area (Å²) in [6.45, 7) is 1.73. The van der Waals surface area contributed by atoms with Crippen molar-refractivity contribution in [3.05, 3.63) is 197 Å². The third-order valence-electron chi connectivity index (χ3n) is 10.1. The third-order valence-corrected chi connectivity index (χ3v) is 12.4. The van der Waals surface area contributed by atoms with Gasteiger partial charge in [-0.15, -0.1) is 23.5 Å². The Morgan fingerprint density at radius 3 is 1.22 bits per heavy atom. The summed E-state index contributed by atoms with van der Waals surface area (Å²) in [5.74, 6) is 4.30. The Kier molecular flexibility index (Phi) is 20.5. The first kappa shape index (κ1) is 50.4. The second-order valence-electron chi connectivity index (χ2n) is 15.4. The predicted molar refractivity (Wildman–Crippen MR) is 282 cm³/mol. The van der Waals surface area contributed by atoms with Crippen LogP contribution in [0.3, 0.4) is 0 Å². The highest BCUT2D eigenvalue weighted by Gasteiger charge is 2.21. The molecule has 2 heterocycles. The van der Waals surface area contributed by atoms with Crippen molar-refractivity contribution in [2.24, 2.45) is 0 Å². The minimum atomic E-state index is -1.11. The minimum Gasteiger partial charge on any atom is -0.491 e. The number of aliphatic hydroxyl groups excluding tert-OH is 2. The lowest BCUT2D eigenvalue weighted by Gasteiger charge is -2.22. The van der Waals surface area contributed by atoms with E-state index in [2.05, 4.69) is 148 Å². The number of anilines is 3. The monoisotopic (exact) mass is 927 g/mol. The van der Waals surface area contributed by atoms with Crippen molar-refractivity contribution in [2.45, 2.75) is 6.10 Å². The number of nitrogens with zero attached hydrogens (tertiary/aromatic N) is 3. The molecule has 0 spiro atoms. The average Bonchev–Trinajstić information content (AvgIpc) is 3.37. The Labute approximate surface area is 400 Å². The molecule has 0 aromatic heterocycles. The van der Waals surface area contributed by atoms with E-state index in [4.69, 9.17) is 14.6 Å². The molecule has 340 valence electrons. The molecule has 65 heavy (non-hydrogen) atoms. The molecular formula is C54H61N3O5S3. The van der Waals surface area contributed by atoms with Crippen molar-refractivity contribution < 1.29 is 24.5 Å². The third kappa shape index (κ3) is 15.0. The molecular weight excluding hydrogens is 867 g/mol. The van der Waals surface area contributed by atoms with Gasteiger partial charge in [0.05, 0.1) is 29.6 Å². The van der Waals surface area contributed by atoms with Crippen LogP contribution in [0.15, 0.2) is 164 Å². The number of hydrogen-bond donors (Lipinski definition) is 3. The Morgan fingerprint density at radius 1 is 0.538 bits per heavy atom. The van der Waals surface area contributed by atoms with E-state index in [1.807, 2.05) is 72.9 Å². The molecule has 0 fully saturated rings. The first-order chi connectivity index (χ1) is 31.5. The molecule has 0 saturated heterocycles. The number of aliphatic hydroxyl groups is 2. The van der Waals surface area contributed by atoms with Gasteiger partial charge in [0, 0.05) is 93.3 Å². The smallest absolute Gasteiger partial charge is 0.195 e. The molecule has 2 N–H and O–H groups in total. The lowest BCUT2D eigenvalue weighted by molar-refractivity contribution is 0.0747. The second-order valence-corrected chi connectivity index (χ2v) is 18.0. The van der Waals surface area contributed by atoms with Crippen LogP contribution in [0.4, 0.5) is 17.1 Å². The largest absolute Gasteiger partial charge is 0.491 e. The topological polar surface area (TPSA) is 85.7 Å². The lowest BCUT2D eigenvalue weighted by Crippen LogP contribution is -2.13. The average molecular weight is 928 g/mol. The molecule has 6 aromatic carbocycles. The summed E-state index contributed by atoms with van der Waals surface area (Å²) in [6.07, 6.45) is -1.11. The van der Waals surface area contributed by atoms with Gasteiger partial charge in [-0.25, -0.2) is 0 Å². The van der Waals surface area contributed by atoms with Gasteiger partial charge in [0.25, 0.3) is 0 Å². The second kappa shape index (κ2) is 26.4. The minimum absolute atomic E-state index is 0.184. The van der Waals surface area contributed by atoms with Crippen molar-refractivity contribution in [3.63, 3.8) is 0 Å². The molecule has 1 atom stereocenters. The summed E-state index contributed by atoms with van der Waals surface area (Å²) in [7, 11) is 12.1. The Hall–Kier alpha value is -5.56. The molecule has 0 radical (unpaired) electrons. The number of Topliss-reactive ketones (excluding diaryl/α,β-unsaturated/α-hetero) is 1. The molecule has 8 rings (SSSR count). The van der Waals surface area contributed by atoms with Crippen LogP contribution in [0.25, 0.3) is 21.3 Å². The molecule has 1 unspecified atom stereocenters. The van der Waals surface area contributed by atoms with Gasteiger partial charge < -0.3 is 34.4 Å². The van der Waals surface area contributed by atoms with E-state index in [-0.39, 0.29) is 12.4 Å². The van der Waals surface area contributed by atoms with E-state index in [9.17, 15) is 9.90 Å². The number of hydrogen-bond acceptors (Lipinski definition) is 11. The number of benzene rings is 6. The van der Waals surface area contributed by atoms with Crippen LogP contribution < -0.4 is 14.7 Å². The number of thioether (sulfide) groups is 2. The van der Waals surface area contributed by atoms with Crippen LogP contribution in [-0.4, -0.2) is 95.4 Å². The summed E-state index contributed by atoms with van der Waals surface area (Å²) in [6, 6.07) is 54.2. The normalized spacial score (nSPS) is 13.5. The van der Waals surface area contributed by atoms with Crippen LogP contribution in [0.5, 0.6) is 0 Å². The SMILES string of the molecule is CN(C)c1ccc(C(=O)C(O)c2ccccc2)cc1.CN(C)c1ccc(C2=C(c3ccccc3)OCCS2)cc1.CN(C)c1ccc(C2=C(c3ccccc3)OCCS2)cc1.OCCS. The number of rotatable bonds is 11. The Bertz CT molecular complexity index is 2270. The van der Waals surface area contributed by atoms with Crippen molar-refractivity contribution >= 4 is 80.3 Å². The van der Waals surface area contributed by atoms with E-state index in [1.54, 1.807) is 36.4 Å². The van der Waals surface area contributed by atoms with Gasteiger partial charge in [0.2, 0.25) is 0 Å². The zero-order chi connectivity index (χ0) is 46.6. The summed E-state index contributed by atoms with van der Waals surface area (Å²) < 4.78 is 11.9. The maximum Gasteiger partial charge on any atom is 0.195 e. The van der Waals surface area contributed by atoms with Crippen LogP contribution in [0.1, 0.15) is 44.3 Å². The summed E-state index contributed by atoms with van der Waals surface area (Å²) in [5.41, 5.74) is 9.32. The molecule has 0 bridgehead atoms. The lowest BCUT2D eigenvalue weighted by atomic mass is 10.00. The fourth-order valence-electron chi connectivity index (χ4n) is 6.56. The first-order valence-corrected chi connectivity index (χ1v) is 24.0. The summed E-state index contributed by atoms with van der Waals surface area (Å²) >= 11 is 7.42. The Morgan fingerprint density at radius 2 is 0.877 bits per heavy atom. The van der Waals surface area contributed by atoms with Crippen molar-refractivity contribution in [1.29, 1.82) is 0 Å². The van der Waals surface area contributed by atoms with E-state index in [0.717, 1.165) is 53.1 Å². The standard InChI is InChI=1S/2C18H19NOS.C16H17NO2.C2H6OS/c2*1-19(2)16-10-8-15(9-11-16)18-17(20-12-13-21-18)14-6-4-3-5-7-14;1-17(2)14-10-8-13(9-11-14)16(19)15(18)12-6-4-3-5-7-12;3-1-2-4/h2*3-11H,12-13H2,1-2H3;3-11,15,18H,1-2H3;3-4H,1-2H2. The maximum atomic E-state index is 12.2. The first-order valence-electron chi connectivity index (χ1n) is 21.4. The van der Waals surface area contributed by atoms with E-state index in [0.29, 0.717) is 16.9 Å². The maximum absolute atomic E-state index is 12.2. The molecule has 0 amide bonds. The molecule has 6 aromatic rings. The van der Waals surface area contributed by atoms with Crippen molar-refractivity contribution in [1.82, 2.24) is 0 Å². The highest BCUT2D eigenvalue weighted by atomic mass is 32.2. The molecule has 0 saturated carbocycles. The van der Waals surface area contributed by atoms with Gasteiger partial charge >= 0.3 is 0 Å². The molecule has 11 heteroatoms. The number of ether oxygens (including phenoxy) is 2. The summed E-state index contributed by atoms with van der Waals surface area (Å²) in [5, 5.41) is 17.9. The zero-order valence-electron chi connectivity index (χ0n) is 38.1. The van der Waals surface area contributed by atoms with Gasteiger partial charge in [0.15, 0.2) is 5.78 Å². The van der Waals surface area contributed by atoms with Gasteiger partial charge in [-0.3, -0.25) is 4.79 Å². The summed E-state index contributed by atoms with van der Waals surface area (Å²) in [4.78, 5) is 20.8. The fourth-order valence-corrected chi connectivity index (χ4v) is 8.53. The fraction of sp³-hybridized carbons (Fsp3) is 0.241. The molecule has 8 nitrogen and oxygen atoms in total. The van der Waals surface area contributed by atoms with Gasteiger partial charge in [-0.1, -0.05) is 115 Å². The van der Waals surface area contributed by atoms with Crippen LogP contribution >= 0.6 is 36.2 Å². The number of carbonyl (C=O) groups is 1. The number of carbonyl (C=O) groups excluding carboxylic acids is 1. The molecule has 2 aliphatic rings. The van der Waals surface area contributed by atoms with Crippen LogP contribution in [0, 0.1) is 0 Å². The van der Waals surface area contributed by atoms with Crippen LogP contribution in [-0.2, 0) is 9.47 Å². The van der Waals surface area contributed by atoms with Gasteiger partial charge in [-0.05, 0) is 65.2 Å². The van der Waals surface area contributed by atoms with E-state index in [1.165, 1.54) is 32.3 Å². The van der Waals surface area contributed by atoms with Crippen LogP contribution in [0.2, 0.25) is 0 Å². The Balaban J connectivity index is 0.000000176. The number of thiol groups is 1. The van der Waals surface area contributed by atoms with E-state index >= 15 is 0 Å². The quantitative estimate of drug-likeness (QED) is 0.0863.